The third-order valence-corrected chi connectivity index (χ3v) is 2.82. The highest BCUT2D eigenvalue weighted by atomic mass is 79.9. The van der Waals surface area contributed by atoms with E-state index >= 15 is 0 Å². The minimum absolute atomic E-state index is 0.825. The molecule has 0 unspecified atom stereocenters. The Morgan fingerprint density at radius 3 is 2.93 bits per heavy atom. The molecule has 0 aliphatic rings. The fraction of sp³-hybridized carbons (Fsp3) is 0.273. The summed E-state index contributed by atoms with van der Waals surface area (Å²) in [5, 5.41) is 4.60. The first-order valence-electron chi connectivity index (χ1n) is 4.66. The van der Waals surface area contributed by atoms with Crippen molar-refractivity contribution in [3.05, 3.63) is 35.5 Å². The summed E-state index contributed by atoms with van der Waals surface area (Å²) in [5.41, 5.74) is 4.66. The lowest BCUT2D eigenvalue weighted by Crippen LogP contribution is -2.10. The van der Waals surface area contributed by atoms with Gasteiger partial charge in [-0.05, 0) is 18.6 Å². The minimum Gasteiger partial charge on any atom is -0.358 e. The highest BCUT2D eigenvalue weighted by Gasteiger charge is 2.05. The largest absolute Gasteiger partial charge is 0.358 e. The molecular formula is C11H13BrN2. The maximum absolute atomic E-state index is 3.38. The zero-order valence-electron chi connectivity index (χ0n) is 8.10. The van der Waals surface area contributed by atoms with E-state index in [4.69, 9.17) is 0 Å². The van der Waals surface area contributed by atoms with Crippen LogP contribution in [0.15, 0.2) is 24.3 Å². The van der Waals surface area contributed by atoms with Crippen molar-refractivity contribution in [3.63, 3.8) is 0 Å². The molecule has 0 bridgehead atoms. The third-order valence-electron chi connectivity index (χ3n) is 2.42. The fourth-order valence-electron chi connectivity index (χ4n) is 1.73. The van der Waals surface area contributed by atoms with Crippen molar-refractivity contribution in [3.8, 4) is 0 Å². The number of aromatic amines is 1. The Kier molecular flexibility index (Phi) is 2.89. The summed E-state index contributed by atoms with van der Waals surface area (Å²) in [4.78, 5) is 3.38. The van der Waals surface area contributed by atoms with Gasteiger partial charge >= 0.3 is 0 Å². The van der Waals surface area contributed by atoms with Gasteiger partial charge in [-0.2, -0.15) is 0 Å². The molecule has 3 heteroatoms. The fourth-order valence-corrected chi connectivity index (χ4v) is 1.93. The summed E-state index contributed by atoms with van der Waals surface area (Å²) >= 11 is 3.36. The van der Waals surface area contributed by atoms with Gasteiger partial charge in [0.1, 0.15) is 0 Å². The maximum atomic E-state index is 3.38. The van der Waals surface area contributed by atoms with Crippen molar-refractivity contribution in [1.29, 1.82) is 0 Å². The van der Waals surface area contributed by atoms with Gasteiger partial charge in [-0.3, -0.25) is 0 Å². The summed E-state index contributed by atoms with van der Waals surface area (Å²) in [5.74, 6) is 0. The summed E-state index contributed by atoms with van der Waals surface area (Å²) in [6.45, 7) is 3.02. The van der Waals surface area contributed by atoms with Crippen molar-refractivity contribution in [1.82, 2.24) is 10.3 Å². The van der Waals surface area contributed by atoms with E-state index in [1.807, 2.05) is 0 Å². The lowest BCUT2D eigenvalue weighted by molar-refractivity contribution is 0.801. The van der Waals surface area contributed by atoms with Crippen LogP contribution in [-0.2, 0) is 6.54 Å². The molecule has 0 spiro atoms. The Hall–Kier alpha value is -0.800. The highest BCUT2D eigenvalue weighted by molar-refractivity contribution is 9.09. The molecule has 0 fully saturated rings. The number of H-pyrrole nitrogens is 1. The molecular weight excluding hydrogens is 240 g/mol. The number of aromatic nitrogens is 1. The quantitative estimate of drug-likeness (QED) is 0.638. The van der Waals surface area contributed by atoms with Gasteiger partial charge in [0.05, 0.1) is 5.45 Å². The second-order valence-electron chi connectivity index (χ2n) is 3.33. The van der Waals surface area contributed by atoms with Gasteiger partial charge in [-0.25, -0.2) is 0 Å². The molecule has 0 saturated heterocycles. The molecule has 1 aromatic carbocycles. The Bertz CT molecular complexity index is 434. The van der Waals surface area contributed by atoms with E-state index in [0.717, 1.165) is 12.0 Å². The van der Waals surface area contributed by atoms with Crippen LogP contribution < -0.4 is 5.32 Å². The number of halogens is 1. The van der Waals surface area contributed by atoms with E-state index in [9.17, 15) is 0 Å². The van der Waals surface area contributed by atoms with E-state index in [2.05, 4.69) is 57.4 Å². The number of hydrogen-bond acceptors (Lipinski definition) is 1. The Morgan fingerprint density at radius 1 is 1.36 bits per heavy atom. The van der Waals surface area contributed by atoms with Crippen molar-refractivity contribution in [2.24, 2.45) is 0 Å². The van der Waals surface area contributed by atoms with Crippen LogP contribution in [0.2, 0.25) is 0 Å². The van der Waals surface area contributed by atoms with Gasteiger partial charge < -0.3 is 10.3 Å². The molecule has 2 rings (SSSR count). The van der Waals surface area contributed by atoms with E-state index in [1.165, 1.54) is 22.2 Å². The van der Waals surface area contributed by atoms with Crippen LogP contribution in [0, 0.1) is 6.92 Å². The molecule has 0 saturated carbocycles. The Labute approximate surface area is 91.8 Å². The topological polar surface area (TPSA) is 27.8 Å². The molecule has 74 valence electrons. The smallest absolute Gasteiger partial charge is 0.0519 e. The van der Waals surface area contributed by atoms with Crippen molar-refractivity contribution >= 4 is 26.8 Å². The lowest BCUT2D eigenvalue weighted by atomic mass is 10.1. The second kappa shape index (κ2) is 4.15. The number of hydrogen-bond donors (Lipinski definition) is 2. The number of fused-ring (bicyclic) bond motifs is 1. The molecule has 0 aliphatic carbocycles. The molecule has 0 aliphatic heterocycles. The van der Waals surface area contributed by atoms with Gasteiger partial charge in [-0.15, -0.1) is 0 Å². The molecule has 1 aromatic heterocycles. The average molecular weight is 253 g/mol. The van der Waals surface area contributed by atoms with Gasteiger partial charge in [0, 0.05) is 23.1 Å². The molecule has 2 nitrogen and oxygen atoms in total. The molecule has 2 N–H and O–H groups in total. The number of alkyl halides is 1. The van der Waals surface area contributed by atoms with Crippen LogP contribution in [0.25, 0.3) is 10.9 Å². The van der Waals surface area contributed by atoms with Gasteiger partial charge in [0.2, 0.25) is 0 Å². The summed E-state index contributed by atoms with van der Waals surface area (Å²) in [6, 6.07) is 8.40. The number of para-hydroxylation sites is 1. The summed E-state index contributed by atoms with van der Waals surface area (Å²) in [6.07, 6.45) is 0. The van der Waals surface area contributed by atoms with E-state index in [1.54, 1.807) is 0 Å². The summed E-state index contributed by atoms with van der Waals surface area (Å²) in [7, 11) is 0. The molecule has 1 heterocycles. The third kappa shape index (κ3) is 1.70. The molecule has 0 amide bonds. The highest BCUT2D eigenvalue weighted by Crippen LogP contribution is 2.21. The monoisotopic (exact) mass is 252 g/mol. The molecule has 0 atom stereocenters. The standard InChI is InChI=1S/C11H13BrN2/c1-8-10(6-13-7-12)9-4-2-3-5-11(9)14-8/h2-5,13-14H,6-7H2,1H3. The molecule has 14 heavy (non-hydrogen) atoms. The Morgan fingerprint density at radius 2 is 2.14 bits per heavy atom. The first-order valence-corrected chi connectivity index (χ1v) is 5.78. The number of rotatable bonds is 3. The van der Waals surface area contributed by atoms with Gasteiger partial charge in [0.15, 0.2) is 0 Å². The van der Waals surface area contributed by atoms with Crippen LogP contribution in [0.3, 0.4) is 0 Å². The van der Waals surface area contributed by atoms with Crippen LogP contribution in [0.5, 0.6) is 0 Å². The SMILES string of the molecule is Cc1[nH]c2ccccc2c1CNCBr. The Balaban J connectivity index is 2.45. The number of benzene rings is 1. The van der Waals surface area contributed by atoms with Crippen molar-refractivity contribution in [2.45, 2.75) is 13.5 Å². The average Bonchev–Trinajstić information content (AvgIpc) is 2.51. The van der Waals surface area contributed by atoms with Gasteiger partial charge in [0.25, 0.3) is 0 Å². The van der Waals surface area contributed by atoms with Crippen molar-refractivity contribution < 1.29 is 0 Å². The predicted octanol–water partition coefficient (Wildman–Crippen LogP) is 2.92. The van der Waals surface area contributed by atoms with Crippen LogP contribution in [-0.4, -0.2) is 10.4 Å². The normalized spacial score (nSPS) is 11.0. The minimum atomic E-state index is 0.825. The van der Waals surface area contributed by atoms with Crippen molar-refractivity contribution in [2.75, 3.05) is 5.45 Å². The van der Waals surface area contributed by atoms with E-state index in [0.29, 0.717) is 0 Å². The van der Waals surface area contributed by atoms with E-state index < -0.39 is 0 Å². The molecule has 0 radical (unpaired) electrons. The lowest BCUT2D eigenvalue weighted by Gasteiger charge is -2.00. The van der Waals surface area contributed by atoms with Crippen LogP contribution in [0.1, 0.15) is 11.3 Å². The number of aryl methyl sites for hydroxylation is 1. The van der Waals surface area contributed by atoms with E-state index in [-0.39, 0.29) is 0 Å². The first kappa shape index (κ1) is 9.74. The second-order valence-corrected chi connectivity index (χ2v) is 3.90. The zero-order valence-corrected chi connectivity index (χ0v) is 9.69. The van der Waals surface area contributed by atoms with Crippen LogP contribution >= 0.6 is 15.9 Å². The predicted molar refractivity (Wildman–Crippen MR) is 63.7 cm³/mol. The zero-order chi connectivity index (χ0) is 9.97. The van der Waals surface area contributed by atoms with Crippen LogP contribution in [0.4, 0.5) is 0 Å². The summed E-state index contributed by atoms with van der Waals surface area (Å²) < 4.78 is 0. The first-order chi connectivity index (χ1) is 6.83. The molecule has 2 aromatic rings. The maximum Gasteiger partial charge on any atom is 0.0519 e. The number of nitrogens with one attached hydrogen (secondary N) is 2. The van der Waals surface area contributed by atoms with Gasteiger partial charge in [-0.1, -0.05) is 34.1 Å².